The van der Waals surface area contributed by atoms with Crippen LogP contribution in [0.3, 0.4) is 0 Å². The number of hydrogen-bond donors (Lipinski definition) is 4. The molecule has 1 aliphatic heterocycles. The average Bonchev–Trinajstić information content (AvgIpc) is 1.99. The highest BCUT2D eigenvalue weighted by atomic mass is 16.3. The van der Waals surface area contributed by atoms with Gasteiger partial charge in [-0.2, -0.15) is 0 Å². The minimum absolute atomic E-state index is 0.0680. The Hall–Kier alpha value is -0.160. The molecule has 0 aromatic rings. The molecule has 4 heteroatoms. The van der Waals surface area contributed by atoms with Crippen molar-refractivity contribution in [2.45, 2.75) is 25.2 Å². The van der Waals surface area contributed by atoms with Crippen LogP contribution in [-0.4, -0.2) is 46.7 Å². The number of hydrogen-bond acceptors (Lipinski definition) is 4. The van der Waals surface area contributed by atoms with Crippen molar-refractivity contribution in [1.29, 1.82) is 0 Å². The monoisotopic (exact) mass is 161 g/mol. The van der Waals surface area contributed by atoms with E-state index < -0.39 is 12.2 Å². The first kappa shape index (κ1) is 8.93. The van der Waals surface area contributed by atoms with Crippen molar-refractivity contribution in [1.82, 2.24) is 5.32 Å². The van der Waals surface area contributed by atoms with Gasteiger partial charge in [0.2, 0.25) is 0 Å². The lowest BCUT2D eigenvalue weighted by Crippen LogP contribution is -2.56. The van der Waals surface area contributed by atoms with E-state index in [-0.39, 0.29) is 18.6 Å². The quantitative estimate of drug-likeness (QED) is 0.370. The van der Waals surface area contributed by atoms with Gasteiger partial charge in [0.25, 0.3) is 0 Å². The van der Waals surface area contributed by atoms with Gasteiger partial charge in [-0.25, -0.2) is 0 Å². The van der Waals surface area contributed by atoms with Crippen molar-refractivity contribution in [3.63, 3.8) is 0 Å². The van der Waals surface area contributed by atoms with Crippen LogP contribution in [0.5, 0.6) is 0 Å². The van der Waals surface area contributed by atoms with E-state index in [1.807, 2.05) is 6.92 Å². The van der Waals surface area contributed by atoms with Crippen molar-refractivity contribution in [2.24, 2.45) is 5.92 Å². The molecule has 1 heterocycles. The van der Waals surface area contributed by atoms with E-state index >= 15 is 0 Å². The first-order valence-corrected chi connectivity index (χ1v) is 3.87. The summed E-state index contributed by atoms with van der Waals surface area (Å²) in [6.45, 7) is 2.20. The summed E-state index contributed by atoms with van der Waals surface area (Å²) in [5, 5.41) is 30.4. The van der Waals surface area contributed by atoms with Crippen LogP contribution in [0.25, 0.3) is 0 Å². The number of aliphatic hydroxyl groups is 3. The first-order valence-electron chi connectivity index (χ1n) is 3.87. The van der Waals surface area contributed by atoms with Crippen molar-refractivity contribution >= 4 is 0 Å². The summed E-state index contributed by atoms with van der Waals surface area (Å²) >= 11 is 0. The lowest BCUT2D eigenvalue weighted by atomic mass is 9.88. The Kier molecular flexibility index (Phi) is 2.84. The molecule has 1 saturated heterocycles. The minimum atomic E-state index is -0.795. The van der Waals surface area contributed by atoms with Crippen molar-refractivity contribution in [3.8, 4) is 0 Å². The van der Waals surface area contributed by atoms with E-state index in [4.69, 9.17) is 5.11 Å². The maximum absolute atomic E-state index is 9.36. The second kappa shape index (κ2) is 3.49. The van der Waals surface area contributed by atoms with Crippen LogP contribution in [0, 0.1) is 5.92 Å². The predicted molar refractivity (Wildman–Crippen MR) is 40.1 cm³/mol. The molecule has 1 fully saturated rings. The molecular formula is C7H15NO3. The number of piperidine rings is 1. The SMILES string of the molecule is C[C@H]1NC[C@@H](O)[C@@H](O)[C@H]1CO. The Morgan fingerprint density at radius 3 is 2.55 bits per heavy atom. The molecule has 4 N–H and O–H groups in total. The number of rotatable bonds is 1. The molecule has 4 atom stereocenters. The van der Waals surface area contributed by atoms with Crippen LogP contribution in [-0.2, 0) is 0 Å². The van der Waals surface area contributed by atoms with Crippen LogP contribution < -0.4 is 5.32 Å². The Balaban J connectivity index is 2.55. The summed E-state index contributed by atoms with van der Waals surface area (Å²) < 4.78 is 0. The molecule has 0 amide bonds. The molecular weight excluding hydrogens is 146 g/mol. The third-order valence-corrected chi connectivity index (χ3v) is 2.33. The second-order valence-corrected chi connectivity index (χ2v) is 3.10. The molecule has 1 rings (SSSR count). The zero-order valence-electron chi connectivity index (χ0n) is 6.57. The molecule has 11 heavy (non-hydrogen) atoms. The van der Waals surface area contributed by atoms with E-state index in [1.165, 1.54) is 0 Å². The van der Waals surface area contributed by atoms with Crippen LogP contribution >= 0.6 is 0 Å². The molecule has 0 unspecified atom stereocenters. The lowest BCUT2D eigenvalue weighted by molar-refractivity contribution is -0.0638. The van der Waals surface area contributed by atoms with Gasteiger partial charge in [-0.15, -0.1) is 0 Å². The number of nitrogens with one attached hydrogen (secondary N) is 1. The van der Waals surface area contributed by atoms with Gasteiger partial charge < -0.3 is 20.6 Å². The van der Waals surface area contributed by atoms with E-state index in [9.17, 15) is 10.2 Å². The van der Waals surface area contributed by atoms with Crippen LogP contribution in [0.2, 0.25) is 0 Å². The first-order chi connectivity index (χ1) is 5.16. The summed E-state index contributed by atoms with van der Waals surface area (Å²) in [5.74, 6) is -0.251. The van der Waals surface area contributed by atoms with Crippen molar-refractivity contribution < 1.29 is 15.3 Å². The topological polar surface area (TPSA) is 72.7 Å². The summed E-state index contributed by atoms with van der Waals surface area (Å²) in [7, 11) is 0. The smallest absolute Gasteiger partial charge is 0.0927 e. The summed E-state index contributed by atoms with van der Waals surface area (Å²) in [6.07, 6.45) is -1.54. The highest BCUT2D eigenvalue weighted by Crippen LogP contribution is 2.16. The Morgan fingerprint density at radius 2 is 2.09 bits per heavy atom. The molecule has 0 spiro atoms. The zero-order chi connectivity index (χ0) is 8.43. The Labute approximate surface area is 65.9 Å². The third kappa shape index (κ3) is 1.70. The molecule has 1 aliphatic rings. The van der Waals surface area contributed by atoms with Crippen LogP contribution in [0.1, 0.15) is 6.92 Å². The maximum Gasteiger partial charge on any atom is 0.0927 e. The molecule has 0 aliphatic carbocycles. The van der Waals surface area contributed by atoms with Gasteiger partial charge >= 0.3 is 0 Å². The highest BCUT2D eigenvalue weighted by Gasteiger charge is 2.34. The molecule has 0 bridgehead atoms. The second-order valence-electron chi connectivity index (χ2n) is 3.10. The molecule has 66 valence electrons. The lowest BCUT2D eigenvalue weighted by Gasteiger charge is -2.36. The molecule has 0 aromatic carbocycles. The highest BCUT2D eigenvalue weighted by molar-refractivity contribution is 4.89. The van der Waals surface area contributed by atoms with Crippen molar-refractivity contribution in [3.05, 3.63) is 0 Å². The standard InChI is InChI=1S/C7H15NO3/c1-4-5(3-9)7(11)6(10)2-8-4/h4-11H,2-3H2,1H3/t4-,5+,6-,7+/m1/s1. The van der Waals surface area contributed by atoms with Gasteiger partial charge in [0.05, 0.1) is 12.2 Å². The van der Waals surface area contributed by atoms with Gasteiger partial charge in [0.1, 0.15) is 0 Å². The molecule has 0 radical (unpaired) electrons. The van der Waals surface area contributed by atoms with Crippen LogP contribution in [0.4, 0.5) is 0 Å². The fourth-order valence-corrected chi connectivity index (χ4v) is 1.43. The minimum Gasteiger partial charge on any atom is -0.396 e. The summed E-state index contributed by atoms with van der Waals surface area (Å²) in [6, 6.07) is 0.0680. The average molecular weight is 161 g/mol. The van der Waals surface area contributed by atoms with E-state index in [1.54, 1.807) is 0 Å². The van der Waals surface area contributed by atoms with Gasteiger partial charge in [-0.05, 0) is 6.92 Å². The van der Waals surface area contributed by atoms with Gasteiger partial charge in [-0.3, -0.25) is 0 Å². The molecule has 0 aromatic heterocycles. The molecule has 4 nitrogen and oxygen atoms in total. The number of β-amino-alcohol motifs (C(OH)–C–C–N with tert-alkyl or cyclic N) is 1. The maximum atomic E-state index is 9.36. The number of aliphatic hydroxyl groups excluding tert-OH is 3. The predicted octanol–water partition coefficient (Wildman–Crippen LogP) is -1.69. The third-order valence-electron chi connectivity index (χ3n) is 2.33. The summed E-state index contributed by atoms with van der Waals surface area (Å²) in [5.41, 5.74) is 0. The largest absolute Gasteiger partial charge is 0.396 e. The van der Waals surface area contributed by atoms with E-state index in [0.717, 1.165) is 0 Å². The Morgan fingerprint density at radius 1 is 1.45 bits per heavy atom. The Bertz CT molecular complexity index is 131. The van der Waals surface area contributed by atoms with Gasteiger partial charge in [-0.1, -0.05) is 0 Å². The van der Waals surface area contributed by atoms with Crippen LogP contribution in [0.15, 0.2) is 0 Å². The normalized spacial score (nSPS) is 45.8. The fraction of sp³-hybridized carbons (Fsp3) is 1.00. The molecule has 0 saturated carbocycles. The summed E-state index contributed by atoms with van der Waals surface area (Å²) in [4.78, 5) is 0. The van der Waals surface area contributed by atoms with Crippen molar-refractivity contribution in [2.75, 3.05) is 13.2 Å². The zero-order valence-corrected chi connectivity index (χ0v) is 6.57. The van der Waals surface area contributed by atoms with Gasteiger partial charge in [0.15, 0.2) is 0 Å². The fourth-order valence-electron chi connectivity index (χ4n) is 1.43. The van der Waals surface area contributed by atoms with E-state index in [2.05, 4.69) is 5.32 Å². The van der Waals surface area contributed by atoms with E-state index in [0.29, 0.717) is 6.54 Å². The van der Waals surface area contributed by atoms with Gasteiger partial charge in [0, 0.05) is 25.1 Å².